The number of nitrogens with one attached hydrogen (secondary N) is 1. The van der Waals surface area contributed by atoms with E-state index in [1.165, 1.54) is 6.07 Å². The lowest BCUT2D eigenvalue weighted by Crippen LogP contribution is -2.33. The Morgan fingerprint density at radius 1 is 1.19 bits per heavy atom. The molecule has 0 amide bonds. The van der Waals surface area contributed by atoms with E-state index in [4.69, 9.17) is 26.1 Å². The molecule has 0 spiro atoms. The first-order valence-corrected chi connectivity index (χ1v) is 14.3. The van der Waals surface area contributed by atoms with Crippen LogP contribution in [0.3, 0.4) is 0 Å². The highest BCUT2D eigenvalue weighted by Gasteiger charge is 2.24. The first-order valence-electron chi connectivity index (χ1n) is 14.0. The normalized spacial score (nSPS) is 17.2. The predicted molar refractivity (Wildman–Crippen MR) is 156 cm³/mol. The van der Waals surface area contributed by atoms with E-state index in [1.54, 1.807) is 24.4 Å². The highest BCUT2D eigenvalue weighted by Crippen LogP contribution is 2.27. The Labute approximate surface area is 249 Å². The lowest BCUT2D eigenvalue weighted by molar-refractivity contribution is -0.0592. The van der Waals surface area contributed by atoms with E-state index in [-0.39, 0.29) is 12.7 Å². The fraction of sp³-hybridized carbons (Fsp3) is 0.300. The molecular formula is C30H27ClFN7O4. The standard InChI is InChI=1S/C30H27ClFN7O4/c31-21-5-4-19(23(32)13-21)17-42-27-3-1-2-24(35-27)18-6-9-38(10-7-18)16-26-34-25-12-20(28-36-30(40)43-37-28)14-33-29(25)39(26)15-22-8-11-41-22/h1-6,12-14,22H,7-11,15-17H2,(H,36,37,40). The summed E-state index contributed by atoms with van der Waals surface area (Å²) in [5.41, 5.74) is 4.47. The molecule has 7 rings (SSSR count). The minimum Gasteiger partial charge on any atom is -0.473 e. The minimum atomic E-state index is -0.622. The van der Waals surface area contributed by atoms with Crippen molar-refractivity contribution in [2.24, 2.45) is 0 Å². The summed E-state index contributed by atoms with van der Waals surface area (Å²) < 4.78 is 32.4. The molecular weight excluding hydrogens is 577 g/mol. The number of aromatic nitrogens is 6. The maximum atomic E-state index is 14.1. The molecule has 43 heavy (non-hydrogen) atoms. The van der Waals surface area contributed by atoms with Crippen LogP contribution in [-0.2, 0) is 24.4 Å². The minimum absolute atomic E-state index is 0.0616. The fourth-order valence-corrected chi connectivity index (χ4v) is 5.40. The van der Waals surface area contributed by atoms with Gasteiger partial charge < -0.3 is 14.0 Å². The van der Waals surface area contributed by atoms with Crippen LogP contribution in [0.25, 0.3) is 28.1 Å². The van der Waals surface area contributed by atoms with E-state index in [0.29, 0.717) is 46.5 Å². The first-order chi connectivity index (χ1) is 21.0. The zero-order valence-electron chi connectivity index (χ0n) is 23.0. The smallest absolute Gasteiger partial charge is 0.439 e. The van der Waals surface area contributed by atoms with Gasteiger partial charge >= 0.3 is 5.76 Å². The molecule has 1 atom stereocenters. The van der Waals surface area contributed by atoms with Crippen LogP contribution in [-0.4, -0.2) is 60.4 Å². The lowest BCUT2D eigenvalue weighted by Gasteiger charge is -2.29. The second kappa shape index (κ2) is 11.7. The van der Waals surface area contributed by atoms with E-state index < -0.39 is 11.6 Å². The second-order valence-corrected chi connectivity index (χ2v) is 11.0. The zero-order valence-corrected chi connectivity index (χ0v) is 23.8. The summed E-state index contributed by atoms with van der Waals surface area (Å²) in [6.45, 7) is 3.67. The van der Waals surface area contributed by atoms with Crippen molar-refractivity contribution >= 4 is 28.3 Å². The molecule has 0 radical (unpaired) electrons. The number of pyridine rings is 2. The Balaban J connectivity index is 1.06. The van der Waals surface area contributed by atoms with Gasteiger partial charge in [-0.25, -0.2) is 24.1 Å². The van der Waals surface area contributed by atoms with Gasteiger partial charge in [0.05, 0.1) is 24.9 Å². The molecule has 5 aromatic rings. The summed E-state index contributed by atoms with van der Waals surface area (Å²) >= 11 is 5.85. The average molecular weight is 604 g/mol. The van der Waals surface area contributed by atoms with Gasteiger partial charge in [0.2, 0.25) is 5.88 Å². The van der Waals surface area contributed by atoms with Crippen LogP contribution in [0.4, 0.5) is 4.39 Å². The van der Waals surface area contributed by atoms with Crippen molar-refractivity contribution in [3.8, 4) is 17.3 Å². The number of ether oxygens (including phenoxy) is 2. The van der Waals surface area contributed by atoms with Gasteiger partial charge in [-0.05, 0) is 42.7 Å². The molecule has 1 unspecified atom stereocenters. The molecule has 2 aliphatic heterocycles. The molecule has 4 aromatic heterocycles. The Hall–Kier alpha value is -4.39. The molecule has 0 aliphatic carbocycles. The van der Waals surface area contributed by atoms with Crippen molar-refractivity contribution < 1.29 is 18.4 Å². The molecule has 0 bridgehead atoms. The van der Waals surface area contributed by atoms with Gasteiger partial charge in [-0.3, -0.25) is 14.4 Å². The van der Waals surface area contributed by atoms with Crippen LogP contribution in [0.2, 0.25) is 5.02 Å². The van der Waals surface area contributed by atoms with Gasteiger partial charge in [-0.1, -0.05) is 35.0 Å². The summed E-state index contributed by atoms with van der Waals surface area (Å²) in [6.07, 6.45) is 5.77. The van der Waals surface area contributed by atoms with E-state index in [1.807, 2.05) is 18.2 Å². The predicted octanol–water partition coefficient (Wildman–Crippen LogP) is 4.62. The van der Waals surface area contributed by atoms with E-state index >= 15 is 0 Å². The lowest BCUT2D eigenvalue weighted by atomic mass is 10.0. The maximum Gasteiger partial charge on any atom is 0.439 e. The third-order valence-electron chi connectivity index (χ3n) is 7.66. The number of H-pyrrole nitrogens is 1. The van der Waals surface area contributed by atoms with Gasteiger partial charge in [0.25, 0.3) is 0 Å². The van der Waals surface area contributed by atoms with Crippen LogP contribution in [0.5, 0.6) is 5.88 Å². The number of benzene rings is 1. The summed E-state index contributed by atoms with van der Waals surface area (Å²) in [4.78, 5) is 30.6. The summed E-state index contributed by atoms with van der Waals surface area (Å²) in [5.74, 6) is 0.609. The highest BCUT2D eigenvalue weighted by molar-refractivity contribution is 6.30. The van der Waals surface area contributed by atoms with Crippen LogP contribution in [0.15, 0.2) is 64.1 Å². The number of fused-ring (bicyclic) bond motifs is 1. The Bertz CT molecular complexity index is 1880. The molecule has 11 nitrogen and oxygen atoms in total. The SMILES string of the molecule is O=c1[nH]c(-c2cnc3c(c2)nc(CN2CC=C(c4cccc(OCc5ccc(Cl)cc5F)n4)CC2)n3CC2CCO2)no1. The largest absolute Gasteiger partial charge is 0.473 e. The van der Waals surface area contributed by atoms with Crippen LogP contribution in [0.1, 0.15) is 29.9 Å². The number of rotatable bonds is 9. The molecule has 13 heteroatoms. The van der Waals surface area contributed by atoms with Crippen molar-refractivity contribution in [1.29, 1.82) is 0 Å². The van der Waals surface area contributed by atoms with Crippen molar-refractivity contribution in [3.05, 3.63) is 93.2 Å². The van der Waals surface area contributed by atoms with Crippen molar-refractivity contribution in [2.75, 3.05) is 19.7 Å². The second-order valence-electron chi connectivity index (χ2n) is 10.5. The molecule has 220 valence electrons. The average Bonchev–Trinajstić information content (AvgIpc) is 3.57. The third kappa shape index (κ3) is 5.94. The molecule has 1 fully saturated rings. The molecule has 0 saturated carbocycles. The quantitative estimate of drug-likeness (QED) is 0.257. The van der Waals surface area contributed by atoms with E-state index in [0.717, 1.165) is 55.3 Å². The van der Waals surface area contributed by atoms with Gasteiger partial charge in [0.15, 0.2) is 11.5 Å². The summed E-state index contributed by atoms with van der Waals surface area (Å²) in [7, 11) is 0. The van der Waals surface area contributed by atoms with Crippen molar-refractivity contribution in [3.63, 3.8) is 0 Å². The van der Waals surface area contributed by atoms with Gasteiger partial charge in [0, 0.05) is 48.1 Å². The monoisotopic (exact) mass is 603 g/mol. The maximum absolute atomic E-state index is 14.1. The molecule has 1 saturated heterocycles. The topological polar surface area (TPSA) is 124 Å². The third-order valence-corrected chi connectivity index (χ3v) is 7.89. The first kappa shape index (κ1) is 27.4. The summed E-state index contributed by atoms with van der Waals surface area (Å²) in [6, 6.07) is 12.0. The number of hydrogen-bond donors (Lipinski definition) is 1. The number of imidazole rings is 1. The van der Waals surface area contributed by atoms with E-state index in [2.05, 4.69) is 40.2 Å². The van der Waals surface area contributed by atoms with E-state index in [9.17, 15) is 9.18 Å². The Morgan fingerprint density at radius 3 is 2.84 bits per heavy atom. The molecule has 1 aromatic carbocycles. The number of halogens is 2. The van der Waals surface area contributed by atoms with Gasteiger partial charge in [-0.15, -0.1) is 0 Å². The number of aromatic amines is 1. The highest BCUT2D eigenvalue weighted by atomic mass is 35.5. The fourth-order valence-electron chi connectivity index (χ4n) is 5.24. The van der Waals surface area contributed by atoms with Crippen molar-refractivity contribution in [1.82, 2.24) is 34.6 Å². The molecule has 2 aliphatic rings. The molecule has 6 heterocycles. The summed E-state index contributed by atoms with van der Waals surface area (Å²) in [5, 5.41) is 4.11. The van der Waals surface area contributed by atoms with Gasteiger partial charge in [0.1, 0.15) is 23.8 Å². The van der Waals surface area contributed by atoms with Gasteiger partial charge in [-0.2, -0.15) is 0 Å². The van der Waals surface area contributed by atoms with Crippen LogP contribution in [0, 0.1) is 5.82 Å². The Kier molecular flexibility index (Phi) is 7.47. The number of hydrogen-bond acceptors (Lipinski definition) is 9. The van der Waals surface area contributed by atoms with Crippen LogP contribution >= 0.6 is 11.6 Å². The number of nitrogens with zero attached hydrogens (tertiary/aromatic N) is 6. The zero-order chi connectivity index (χ0) is 29.3. The van der Waals surface area contributed by atoms with Crippen LogP contribution < -0.4 is 10.5 Å². The van der Waals surface area contributed by atoms with Crippen molar-refractivity contribution in [2.45, 2.75) is 38.6 Å². The molecule has 1 N–H and O–H groups in total. The Morgan fingerprint density at radius 2 is 2.09 bits per heavy atom.